The number of benzene rings is 3. The smallest absolute Gasteiger partial charge is 0.0644 e. The molecule has 0 aliphatic rings. The van der Waals surface area contributed by atoms with E-state index >= 15 is 0 Å². The van der Waals surface area contributed by atoms with Crippen LogP contribution in [0.15, 0.2) is 71.2 Å². The van der Waals surface area contributed by atoms with E-state index in [9.17, 15) is 0 Å². The lowest BCUT2D eigenvalue weighted by Crippen LogP contribution is -1.92. The van der Waals surface area contributed by atoms with Crippen LogP contribution in [-0.4, -0.2) is 0 Å². The first-order valence-corrected chi connectivity index (χ1v) is 7.83. The maximum Gasteiger partial charge on any atom is 0.0644 e. The molecule has 0 nitrogen and oxygen atoms in total. The van der Waals surface area contributed by atoms with Crippen molar-refractivity contribution in [3.8, 4) is 0 Å². The molecule has 0 heterocycles. The summed E-state index contributed by atoms with van der Waals surface area (Å²) in [5, 5.41) is 2.56. The Bertz CT molecular complexity index is 702. The van der Waals surface area contributed by atoms with E-state index in [-0.39, 0.29) is 4.83 Å². The molecular weight excluding hydrogens is 364 g/mol. The lowest BCUT2D eigenvalue weighted by Gasteiger charge is -2.12. The van der Waals surface area contributed by atoms with E-state index in [0.29, 0.717) is 0 Å². The van der Waals surface area contributed by atoms with Gasteiger partial charge in [-0.1, -0.05) is 80.4 Å². The van der Waals surface area contributed by atoms with Gasteiger partial charge < -0.3 is 0 Å². The first-order valence-electron chi connectivity index (χ1n) is 6.12. The molecule has 0 fully saturated rings. The molecule has 2 heteroatoms. The molecule has 0 aliphatic carbocycles. The molecular formula is C17H12Br2. The monoisotopic (exact) mass is 374 g/mol. The van der Waals surface area contributed by atoms with Crippen molar-refractivity contribution in [3.63, 3.8) is 0 Å². The van der Waals surface area contributed by atoms with Crippen LogP contribution in [0.25, 0.3) is 10.8 Å². The molecule has 3 aromatic rings. The maximum absolute atomic E-state index is 3.79. The van der Waals surface area contributed by atoms with Gasteiger partial charge in [0.15, 0.2) is 0 Å². The van der Waals surface area contributed by atoms with Crippen LogP contribution >= 0.6 is 31.9 Å². The van der Waals surface area contributed by atoms with E-state index in [0.717, 1.165) is 4.47 Å². The molecule has 0 radical (unpaired) electrons. The van der Waals surface area contributed by atoms with Crippen LogP contribution in [-0.2, 0) is 0 Å². The third-order valence-corrected chi connectivity index (χ3v) is 4.81. The standard InChI is InChI=1S/C17H12Br2/c18-16-9-7-13(8-10-16)17(19)15-6-5-12-3-1-2-4-14(12)11-15/h1-11,17H. The van der Waals surface area contributed by atoms with Gasteiger partial charge in [-0.3, -0.25) is 0 Å². The van der Waals surface area contributed by atoms with Crippen LogP contribution < -0.4 is 0 Å². The summed E-state index contributed by atoms with van der Waals surface area (Å²) in [4.78, 5) is 0.227. The third-order valence-electron chi connectivity index (χ3n) is 3.23. The van der Waals surface area contributed by atoms with Crippen molar-refractivity contribution in [2.75, 3.05) is 0 Å². The molecule has 0 spiro atoms. The van der Waals surface area contributed by atoms with E-state index in [1.54, 1.807) is 0 Å². The molecule has 1 unspecified atom stereocenters. The molecule has 0 saturated heterocycles. The zero-order valence-corrected chi connectivity index (χ0v) is 13.4. The summed E-state index contributed by atoms with van der Waals surface area (Å²) in [6.07, 6.45) is 0. The lowest BCUT2D eigenvalue weighted by atomic mass is 10.0. The van der Waals surface area contributed by atoms with E-state index in [4.69, 9.17) is 0 Å². The second-order valence-corrected chi connectivity index (χ2v) is 6.35. The van der Waals surface area contributed by atoms with Gasteiger partial charge in [0, 0.05) is 4.47 Å². The highest BCUT2D eigenvalue weighted by Crippen LogP contribution is 2.33. The first-order chi connectivity index (χ1) is 9.24. The zero-order chi connectivity index (χ0) is 13.2. The van der Waals surface area contributed by atoms with Crippen molar-refractivity contribution in [2.45, 2.75) is 4.83 Å². The third kappa shape index (κ3) is 2.75. The predicted octanol–water partition coefficient (Wildman–Crippen LogP) is 6.09. The van der Waals surface area contributed by atoms with E-state index in [1.807, 2.05) is 0 Å². The van der Waals surface area contributed by atoms with E-state index < -0.39 is 0 Å². The summed E-state index contributed by atoms with van der Waals surface area (Å²) in [7, 11) is 0. The maximum atomic E-state index is 3.79. The van der Waals surface area contributed by atoms with Crippen LogP contribution in [0.2, 0.25) is 0 Å². The van der Waals surface area contributed by atoms with Gasteiger partial charge in [-0.2, -0.15) is 0 Å². The molecule has 3 aromatic carbocycles. The Balaban J connectivity index is 2.01. The van der Waals surface area contributed by atoms with Crippen LogP contribution in [0.1, 0.15) is 16.0 Å². The zero-order valence-electron chi connectivity index (χ0n) is 10.2. The van der Waals surface area contributed by atoms with Gasteiger partial charge in [-0.25, -0.2) is 0 Å². The highest BCUT2D eigenvalue weighted by molar-refractivity contribution is 9.10. The summed E-state index contributed by atoms with van der Waals surface area (Å²) in [5.74, 6) is 0. The number of hydrogen-bond donors (Lipinski definition) is 0. The molecule has 1 atom stereocenters. The minimum Gasteiger partial charge on any atom is -0.0786 e. The van der Waals surface area contributed by atoms with Crippen molar-refractivity contribution in [1.82, 2.24) is 0 Å². The normalized spacial score (nSPS) is 12.5. The molecule has 19 heavy (non-hydrogen) atoms. The second kappa shape index (κ2) is 5.48. The highest BCUT2D eigenvalue weighted by atomic mass is 79.9. The Morgan fingerprint density at radius 1 is 0.684 bits per heavy atom. The Morgan fingerprint density at radius 3 is 2.05 bits per heavy atom. The Hall–Kier alpha value is -1.12. The quantitative estimate of drug-likeness (QED) is 0.475. The van der Waals surface area contributed by atoms with Gasteiger partial charge >= 0.3 is 0 Å². The largest absolute Gasteiger partial charge is 0.0786 e. The van der Waals surface area contributed by atoms with Gasteiger partial charge in [0.1, 0.15) is 0 Å². The SMILES string of the molecule is Brc1ccc(C(Br)c2ccc3ccccc3c2)cc1. The number of alkyl halides is 1. The van der Waals surface area contributed by atoms with Gasteiger partial charge in [-0.15, -0.1) is 0 Å². The summed E-state index contributed by atoms with van der Waals surface area (Å²) in [6, 6.07) is 23.5. The van der Waals surface area contributed by atoms with Crippen molar-refractivity contribution in [1.29, 1.82) is 0 Å². The molecule has 94 valence electrons. The van der Waals surface area contributed by atoms with Gasteiger partial charge in [-0.05, 0) is 40.1 Å². The second-order valence-electron chi connectivity index (χ2n) is 4.52. The summed E-state index contributed by atoms with van der Waals surface area (Å²) >= 11 is 7.26. The average Bonchev–Trinajstić information content (AvgIpc) is 2.47. The first kappa shape index (κ1) is 12.9. The molecule has 0 aliphatic heterocycles. The predicted molar refractivity (Wildman–Crippen MR) is 88.9 cm³/mol. The molecule has 3 rings (SSSR count). The van der Waals surface area contributed by atoms with Crippen LogP contribution in [0.4, 0.5) is 0 Å². The fourth-order valence-corrected chi connectivity index (χ4v) is 3.04. The van der Waals surface area contributed by atoms with Crippen molar-refractivity contribution in [2.24, 2.45) is 0 Å². The van der Waals surface area contributed by atoms with Gasteiger partial charge in [0.05, 0.1) is 4.83 Å². The topological polar surface area (TPSA) is 0 Å². The number of rotatable bonds is 2. The minimum absolute atomic E-state index is 0.227. The minimum atomic E-state index is 0.227. The van der Waals surface area contributed by atoms with Crippen molar-refractivity contribution >= 4 is 42.6 Å². The average molecular weight is 376 g/mol. The molecule has 0 bridgehead atoms. The summed E-state index contributed by atoms with van der Waals surface area (Å²) < 4.78 is 1.11. The Labute approximate surface area is 129 Å². The van der Waals surface area contributed by atoms with Gasteiger partial charge in [0.25, 0.3) is 0 Å². The Kier molecular flexibility index (Phi) is 3.72. The van der Waals surface area contributed by atoms with Crippen LogP contribution in [0.5, 0.6) is 0 Å². The van der Waals surface area contributed by atoms with Crippen LogP contribution in [0, 0.1) is 0 Å². The molecule has 0 saturated carbocycles. The molecule has 0 amide bonds. The van der Waals surface area contributed by atoms with Crippen molar-refractivity contribution in [3.05, 3.63) is 82.3 Å². The number of halogens is 2. The number of hydrogen-bond acceptors (Lipinski definition) is 0. The fourth-order valence-electron chi connectivity index (χ4n) is 2.19. The summed E-state index contributed by atoms with van der Waals surface area (Å²) in [5.41, 5.74) is 2.54. The summed E-state index contributed by atoms with van der Waals surface area (Å²) in [6.45, 7) is 0. The Morgan fingerprint density at radius 2 is 1.32 bits per heavy atom. The van der Waals surface area contributed by atoms with E-state index in [2.05, 4.69) is 98.6 Å². The van der Waals surface area contributed by atoms with E-state index in [1.165, 1.54) is 21.9 Å². The van der Waals surface area contributed by atoms with Crippen LogP contribution in [0.3, 0.4) is 0 Å². The number of fused-ring (bicyclic) bond motifs is 1. The highest BCUT2D eigenvalue weighted by Gasteiger charge is 2.10. The lowest BCUT2D eigenvalue weighted by molar-refractivity contribution is 1.18. The molecule has 0 N–H and O–H groups in total. The fraction of sp³-hybridized carbons (Fsp3) is 0.0588. The van der Waals surface area contributed by atoms with Gasteiger partial charge in [0.2, 0.25) is 0 Å². The molecule has 0 aromatic heterocycles. The van der Waals surface area contributed by atoms with Crippen molar-refractivity contribution < 1.29 is 0 Å².